The molecule has 1 saturated heterocycles. The van der Waals surface area contributed by atoms with Crippen LogP contribution in [-0.2, 0) is 4.79 Å². The fraction of sp³-hybridized carbons (Fsp3) is 0.571. The number of urea groups is 1. The van der Waals surface area contributed by atoms with E-state index in [1.165, 1.54) is 0 Å². The second kappa shape index (κ2) is 5.83. The number of aliphatic carboxylic acids is 1. The van der Waals surface area contributed by atoms with Crippen molar-refractivity contribution in [1.82, 2.24) is 9.80 Å². The Bertz CT molecular complexity index is 489. The van der Waals surface area contributed by atoms with Gasteiger partial charge in [-0.05, 0) is 24.3 Å². The summed E-state index contributed by atoms with van der Waals surface area (Å²) in [5.74, 6) is -1.27. The molecule has 0 saturated carbocycles. The van der Waals surface area contributed by atoms with Crippen LogP contribution < -0.4 is 0 Å². The van der Waals surface area contributed by atoms with Crippen LogP contribution in [-0.4, -0.2) is 47.0 Å². The first-order valence-corrected chi connectivity index (χ1v) is 7.57. The first kappa shape index (κ1) is 14.8. The summed E-state index contributed by atoms with van der Waals surface area (Å²) in [6.07, 6.45) is 0. The molecular formula is C14H20N2O3S. The predicted molar refractivity (Wildman–Crippen MR) is 77.8 cm³/mol. The van der Waals surface area contributed by atoms with E-state index in [2.05, 4.69) is 0 Å². The van der Waals surface area contributed by atoms with Crippen LogP contribution in [0.15, 0.2) is 17.5 Å². The van der Waals surface area contributed by atoms with Crippen molar-refractivity contribution in [3.05, 3.63) is 22.4 Å². The van der Waals surface area contributed by atoms with Gasteiger partial charge in [0.15, 0.2) is 0 Å². The van der Waals surface area contributed by atoms with Gasteiger partial charge in [-0.25, -0.2) is 4.79 Å². The molecule has 2 amide bonds. The van der Waals surface area contributed by atoms with Gasteiger partial charge >= 0.3 is 12.0 Å². The number of hydrogen-bond donors (Lipinski definition) is 1. The summed E-state index contributed by atoms with van der Waals surface area (Å²) in [6.45, 7) is 4.68. The number of hydrogen-bond acceptors (Lipinski definition) is 3. The standard InChI is InChI=1S/C14H20N2O3S/c1-9-7-16(8-11(9)13(17)18)14(19)15(3)10(2)12-5-4-6-20-12/h4-6,9-11H,7-8H2,1-3H3,(H,17,18)/t9-,10?,11-/m1/s1. The lowest BCUT2D eigenvalue weighted by Gasteiger charge is -2.29. The maximum Gasteiger partial charge on any atom is 0.320 e. The van der Waals surface area contributed by atoms with Gasteiger partial charge in [0.2, 0.25) is 0 Å². The lowest BCUT2D eigenvalue weighted by molar-refractivity contribution is -0.142. The Balaban J connectivity index is 2.03. The van der Waals surface area contributed by atoms with Gasteiger partial charge in [0.05, 0.1) is 12.0 Å². The van der Waals surface area contributed by atoms with Crippen LogP contribution in [0.4, 0.5) is 4.79 Å². The first-order valence-electron chi connectivity index (χ1n) is 6.69. The molecule has 2 rings (SSSR count). The molecule has 1 unspecified atom stereocenters. The lowest BCUT2D eigenvalue weighted by atomic mass is 9.99. The minimum absolute atomic E-state index is 0.00156. The summed E-state index contributed by atoms with van der Waals surface area (Å²) in [7, 11) is 1.77. The van der Waals surface area contributed by atoms with Crippen molar-refractivity contribution < 1.29 is 14.7 Å². The van der Waals surface area contributed by atoms with E-state index in [0.29, 0.717) is 13.1 Å². The highest BCUT2D eigenvalue weighted by Crippen LogP contribution is 2.28. The van der Waals surface area contributed by atoms with E-state index in [-0.39, 0.29) is 18.0 Å². The number of likely N-dealkylation sites (tertiary alicyclic amines) is 1. The minimum atomic E-state index is -0.818. The molecule has 1 aliphatic heterocycles. The van der Waals surface area contributed by atoms with Crippen LogP contribution in [0.5, 0.6) is 0 Å². The molecule has 0 bridgehead atoms. The summed E-state index contributed by atoms with van der Waals surface area (Å²) in [4.78, 5) is 28.0. The molecule has 6 heteroatoms. The maximum absolute atomic E-state index is 12.5. The Kier molecular flexibility index (Phi) is 4.32. The zero-order valence-corrected chi connectivity index (χ0v) is 12.8. The average Bonchev–Trinajstić information content (AvgIpc) is 3.05. The SMILES string of the molecule is CC(c1cccs1)N(C)C(=O)N1C[C@@H](C)[C@H](C(=O)O)C1. The van der Waals surface area contributed by atoms with Crippen LogP contribution >= 0.6 is 11.3 Å². The highest BCUT2D eigenvalue weighted by atomic mass is 32.1. The average molecular weight is 296 g/mol. The van der Waals surface area contributed by atoms with Crippen LogP contribution in [0.2, 0.25) is 0 Å². The monoisotopic (exact) mass is 296 g/mol. The molecule has 110 valence electrons. The van der Waals surface area contributed by atoms with Gasteiger partial charge in [-0.2, -0.15) is 0 Å². The van der Waals surface area contributed by atoms with Crippen molar-refractivity contribution in [2.45, 2.75) is 19.9 Å². The minimum Gasteiger partial charge on any atom is -0.481 e. The molecule has 1 aromatic heterocycles. The van der Waals surface area contributed by atoms with Gasteiger partial charge < -0.3 is 14.9 Å². The largest absolute Gasteiger partial charge is 0.481 e. The van der Waals surface area contributed by atoms with E-state index in [0.717, 1.165) is 4.88 Å². The predicted octanol–water partition coefficient (Wildman–Crippen LogP) is 2.51. The van der Waals surface area contributed by atoms with E-state index in [1.807, 2.05) is 31.4 Å². The quantitative estimate of drug-likeness (QED) is 0.932. The molecule has 3 atom stereocenters. The molecule has 0 spiro atoms. The third kappa shape index (κ3) is 2.80. The Hall–Kier alpha value is -1.56. The zero-order chi connectivity index (χ0) is 14.9. The maximum atomic E-state index is 12.5. The highest BCUT2D eigenvalue weighted by Gasteiger charge is 2.38. The van der Waals surface area contributed by atoms with Crippen LogP contribution in [0.1, 0.15) is 24.8 Å². The van der Waals surface area contributed by atoms with Crippen molar-refractivity contribution in [1.29, 1.82) is 0 Å². The molecule has 5 nitrogen and oxygen atoms in total. The van der Waals surface area contributed by atoms with Crippen molar-refractivity contribution >= 4 is 23.3 Å². The lowest BCUT2D eigenvalue weighted by Crippen LogP contribution is -2.41. The van der Waals surface area contributed by atoms with Crippen LogP contribution in [0.3, 0.4) is 0 Å². The van der Waals surface area contributed by atoms with Crippen molar-refractivity contribution in [2.24, 2.45) is 11.8 Å². The number of carbonyl (C=O) groups excluding carboxylic acids is 1. The molecule has 20 heavy (non-hydrogen) atoms. The highest BCUT2D eigenvalue weighted by molar-refractivity contribution is 7.10. The Labute approximate surface area is 122 Å². The molecule has 1 N–H and O–H groups in total. The van der Waals surface area contributed by atoms with Gasteiger partial charge in [-0.1, -0.05) is 13.0 Å². The van der Waals surface area contributed by atoms with Crippen molar-refractivity contribution in [2.75, 3.05) is 20.1 Å². The van der Waals surface area contributed by atoms with E-state index >= 15 is 0 Å². The van der Waals surface area contributed by atoms with Gasteiger partial charge in [-0.15, -0.1) is 11.3 Å². The van der Waals surface area contributed by atoms with E-state index in [4.69, 9.17) is 5.11 Å². The summed E-state index contributed by atoms with van der Waals surface area (Å²) < 4.78 is 0. The van der Waals surface area contributed by atoms with Crippen molar-refractivity contribution in [3.8, 4) is 0 Å². The molecule has 0 aliphatic carbocycles. The van der Waals surface area contributed by atoms with Gasteiger partial charge in [-0.3, -0.25) is 4.79 Å². The number of amides is 2. The smallest absolute Gasteiger partial charge is 0.320 e. The second-order valence-electron chi connectivity index (χ2n) is 5.41. The molecule has 0 aromatic carbocycles. The topological polar surface area (TPSA) is 60.9 Å². The number of nitrogens with zero attached hydrogens (tertiary/aromatic N) is 2. The molecule has 2 heterocycles. The Morgan fingerprint density at radius 3 is 2.70 bits per heavy atom. The number of rotatable bonds is 3. The van der Waals surface area contributed by atoms with E-state index in [9.17, 15) is 9.59 Å². The normalized spacial score (nSPS) is 23.6. The molecule has 1 aromatic rings. The summed E-state index contributed by atoms with van der Waals surface area (Å²) in [6, 6.07) is 3.88. The molecular weight excluding hydrogens is 276 g/mol. The van der Waals surface area contributed by atoms with Crippen LogP contribution in [0.25, 0.3) is 0 Å². The second-order valence-corrected chi connectivity index (χ2v) is 6.39. The summed E-state index contributed by atoms with van der Waals surface area (Å²) in [5, 5.41) is 11.1. The third-order valence-corrected chi connectivity index (χ3v) is 5.08. The fourth-order valence-electron chi connectivity index (χ4n) is 2.55. The van der Waals surface area contributed by atoms with Gasteiger partial charge in [0, 0.05) is 25.0 Å². The number of thiophene rings is 1. The number of carbonyl (C=O) groups is 2. The zero-order valence-electron chi connectivity index (χ0n) is 11.9. The third-order valence-electron chi connectivity index (χ3n) is 4.04. The van der Waals surface area contributed by atoms with Crippen molar-refractivity contribution in [3.63, 3.8) is 0 Å². The van der Waals surface area contributed by atoms with E-state index < -0.39 is 11.9 Å². The summed E-state index contributed by atoms with van der Waals surface area (Å²) >= 11 is 1.62. The number of carboxylic acids is 1. The number of carboxylic acid groups (broad SMARTS) is 1. The van der Waals surface area contributed by atoms with Gasteiger partial charge in [0.25, 0.3) is 0 Å². The Morgan fingerprint density at radius 2 is 2.20 bits per heavy atom. The van der Waals surface area contributed by atoms with E-state index in [1.54, 1.807) is 28.2 Å². The fourth-order valence-corrected chi connectivity index (χ4v) is 3.38. The summed E-state index contributed by atoms with van der Waals surface area (Å²) in [5.41, 5.74) is 0. The Morgan fingerprint density at radius 1 is 1.50 bits per heavy atom. The van der Waals surface area contributed by atoms with Crippen LogP contribution in [0, 0.1) is 11.8 Å². The first-order chi connectivity index (χ1) is 9.41. The van der Waals surface area contributed by atoms with Gasteiger partial charge in [0.1, 0.15) is 0 Å². The molecule has 1 fully saturated rings. The molecule has 0 radical (unpaired) electrons. The molecule has 1 aliphatic rings.